The fraction of sp³-hybridized carbons (Fsp3) is 0.107. The number of nitrogens with zero attached hydrogens (tertiary/aromatic N) is 2. The zero-order valence-corrected chi connectivity index (χ0v) is 19.7. The minimum Gasteiger partial charge on any atom is -0.463 e. The molecule has 3 aromatic carbocycles. The summed E-state index contributed by atoms with van der Waals surface area (Å²) < 4.78 is 21.1. The van der Waals surface area contributed by atoms with Gasteiger partial charge in [-0.15, -0.1) is 0 Å². The molecule has 0 bridgehead atoms. The summed E-state index contributed by atoms with van der Waals surface area (Å²) in [6, 6.07) is 24.1. The minimum atomic E-state index is -0.726. The van der Waals surface area contributed by atoms with Gasteiger partial charge in [-0.05, 0) is 36.3 Å². The molecule has 0 unspecified atom stereocenters. The quantitative estimate of drug-likeness (QED) is 0.401. The lowest BCUT2D eigenvalue weighted by Gasteiger charge is -2.25. The lowest BCUT2D eigenvalue weighted by atomic mass is 9.93. The molecule has 2 heterocycles. The summed E-state index contributed by atoms with van der Waals surface area (Å²) in [7, 11) is 0. The molecule has 7 heteroatoms. The molecule has 0 N–H and O–H groups in total. The molecule has 5 nitrogen and oxygen atoms in total. The van der Waals surface area contributed by atoms with Gasteiger partial charge in [0.15, 0.2) is 4.80 Å². The molecule has 0 spiro atoms. The van der Waals surface area contributed by atoms with Gasteiger partial charge >= 0.3 is 5.97 Å². The number of halogens is 1. The average Bonchev–Trinajstić information content (AvgIpc) is 3.18. The van der Waals surface area contributed by atoms with Gasteiger partial charge in [-0.3, -0.25) is 9.36 Å². The van der Waals surface area contributed by atoms with Crippen LogP contribution in [-0.4, -0.2) is 17.1 Å². The van der Waals surface area contributed by atoms with E-state index in [2.05, 4.69) is 0 Å². The molecule has 1 aliphatic rings. The number of benzene rings is 3. The number of rotatable bonds is 5. The van der Waals surface area contributed by atoms with Crippen LogP contribution in [0.1, 0.15) is 29.7 Å². The first kappa shape index (κ1) is 22.7. The lowest BCUT2D eigenvalue weighted by Crippen LogP contribution is -2.39. The fourth-order valence-corrected chi connectivity index (χ4v) is 5.14. The molecule has 0 saturated heterocycles. The van der Waals surface area contributed by atoms with Crippen molar-refractivity contribution in [2.75, 3.05) is 6.61 Å². The Labute approximate surface area is 204 Å². The maximum absolute atomic E-state index is 13.8. The maximum atomic E-state index is 13.8. The predicted octanol–water partition coefficient (Wildman–Crippen LogP) is 4.07. The minimum absolute atomic E-state index is 0.190. The highest BCUT2D eigenvalue weighted by molar-refractivity contribution is 7.07. The van der Waals surface area contributed by atoms with Crippen LogP contribution >= 0.6 is 11.3 Å². The van der Waals surface area contributed by atoms with Crippen LogP contribution in [0.3, 0.4) is 0 Å². The second kappa shape index (κ2) is 9.64. The van der Waals surface area contributed by atoms with Crippen molar-refractivity contribution in [3.63, 3.8) is 0 Å². The molecular formula is C28H21FN2O3S. The van der Waals surface area contributed by atoms with Gasteiger partial charge in [-0.2, -0.15) is 0 Å². The van der Waals surface area contributed by atoms with Crippen molar-refractivity contribution in [3.8, 4) is 0 Å². The Morgan fingerprint density at radius 1 is 1.06 bits per heavy atom. The van der Waals surface area contributed by atoms with Crippen molar-refractivity contribution < 1.29 is 13.9 Å². The third-order valence-electron chi connectivity index (χ3n) is 5.64. The number of ether oxygens (including phenoxy) is 1. The third kappa shape index (κ3) is 4.38. The van der Waals surface area contributed by atoms with Crippen LogP contribution in [0.5, 0.6) is 0 Å². The van der Waals surface area contributed by atoms with Gasteiger partial charge in [-0.1, -0.05) is 84.1 Å². The second-order valence-corrected chi connectivity index (χ2v) is 8.91. The predicted molar refractivity (Wildman–Crippen MR) is 134 cm³/mol. The second-order valence-electron chi connectivity index (χ2n) is 7.90. The van der Waals surface area contributed by atoms with E-state index in [-0.39, 0.29) is 18.0 Å². The van der Waals surface area contributed by atoms with E-state index in [1.165, 1.54) is 28.0 Å². The van der Waals surface area contributed by atoms with Gasteiger partial charge in [0.25, 0.3) is 5.56 Å². The van der Waals surface area contributed by atoms with Crippen LogP contribution in [0.2, 0.25) is 0 Å². The van der Waals surface area contributed by atoms with Crippen LogP contribution in [-0.2, 0) is 9.53 Å². The zero-order chi connectivity index (χ0) is 24.4. The summed E-state index contributed by atoms with van der Waals surface area (Å²) >= 11 is 1.21. The van der Waals surface area contributed by atoms with Gasteiger partial charge in [-0.25, -0.2) is 14.2 Å². The first-order valence-electron chi connectivity index (χ1n) is 11.2. The number of thiazole rings is 1. The largest absolute Gasteiger partial charge is 0.463 e. The summed E-state index contributed by atoms with van der Waals surface area (Å²) in [6.07, 6.45) is 1.64. The number of hydrogen-bond donors (Lipinski definition) is 0. The van der Waals surface area contributed by atoms with Gasteiger partial charge in [0.05, 0.1) is 28.5 Å². The van der Waals surface area contributed by atoms with Gasteiger partial charge < -0.3 is 4.74 Å². The molecule has 1 aromatic heterocycles. The summed E-state index contributed by atoms with van der Waals surface area (Å²) in [5.74, 6) is -0.909. The van der Waals surface area contributed by atoms with E-state index in [4.69, 9.17) is 9.73 Å². The van der Waals surface area contributed by atoms with Crippen LogP contribution in [0.25, 0.3) is 11.8 Å². The molecule has 0 saturated carbocycles. The van der Waals surface area contributed by atoms with E-state index in [9.17, 15) is 14.0 Å². The van der Waals surface area contributed by atoms with E-state index in [0.717, 1.165) is 11.1 Å². The summed E-state index contributed by atoms with van der Waals surface area (Å²) in [4.78, 5) is 32.2. The Morgan fingerprint density at radius 2 is 1.77 bits per heavy atom. The molecule has 1 aliphatic heterocycles. The van der Waals surface area contributed by atoms with Crippen molar-refractivity contribution in [1.82, 2.24) is 4.57 Å². The number of hydrogen-bond acceptors (Lipinski definition) is 5. The molecule has 1 atom stereocenters. The Bertz CT molecular complexity index is 1610. The van der Waals surface area contributed by atoms with Gasteiger partial charge in [0.1, 0.15) is 5.82 Å². The van der Waals surface area contributed by atoms with E-state index < -0.39 is 12.0 Å². The fourth-order valence-electron chi connectivity index (χ4n) is 4.14. The van der Waals surface area contributed by atoms with Crippen molar-refractivity contribution in [1.29, 1.82) is 0 Å². The van der Waals surface area contributed by atoms with Gasteiger partial charge in [0.2, 0.25) is 0 Å². The Kier molecular flexibility index (Phi) is 6.25. The highest BCUT2D eigenvalue weighted by Crippen LogP contribution is 2.34. The standard InChI is InChI=1S/C28H21FN2O3S/c1-2-34-27(33)23-24(19-11-5-3-6-12-19)30-28-31(25(23)20-13-7-4-8-14-20)26(32)22(35-28)17-18-10-9-15-21(29)16-18/h3-17,25H,2H2,1H3/b22-17-/t25-/m0/s1. The van der Waals surface area contributed by atoms with Crippen LogP contribution in [0, 0.1) is 5.82 Å². The molecule has 5 rings (SSSR count). The average molecular weight is 485 g/mol. The summed E-state index contributed by atoms with van der Waals surface area (Å²) in [5, 5.41) is 0. The molecule has 35 heavy (non-hydrogen) atoms. The van der Waals surface area contributed by atoms with E-state index >= 15 is 0 Å². The van der Waals surface area contributed by atoms with Crippen LogP contribution in [0.4, 0.5) is 4.39 Å². The number of aromatic nitrogens is 1. The summed E-state index contributed by atoms with van der Waals surface area (Å²) in [5.41, 5.74) is 2.54. The monoisotopic (exact) mass is 484 g/mol. The highest BCUT2D eigenvalue weighted by Gasteiger charge is 2.35. The Hall–Kier alpha value is -4.10. The van der Waals surface area contributed by atoms with Crippen molar-refractivity contribution in [3.05, 3.63) is 133 Å². The normalized spacial score (nSPS) is 15.5. The van der Waals surface area contributed by atoms with E-state index in [1.54, 1.807) is 25.1 Å². The molecule has 174 valence electrons. The molecule has 0 fully saturated rings. The molecule has 0 amide bonds. The number of carbonyl (C=O) groups is 1. The van der Waals surface area contributed by atoms with Crippen LogP contribution < -0.4 is 14.9 Å². The number of fused-ring (bicyclic) bond motifs is 1. The van der Waals surface area contributed by atoms with E-state index in [0.29, 0.717) is 26.2 Å². The number of esters is 1. The maximum Gasteiger partial charge on any atom is 0.338 e. The number of carbonyl (C=O) groups excluding carboxylic acids is 1. The smallest absolute Gasteiger partial charge is 0.338 e. The lowest BCUT2D eigenvalue weighted by molar-refractivity contribution is -0.138. The Balaban J connectivity index is 1.83. The van der Waals surface area contributed by atoms with Crippen molar-refractivity contribution in [2.24, 2.45) is 4.99 Å². The topological polar surface area (TPSA) is 60.7 Å². The first-order chi connectivity index (χ1) is 17.1. The molecule has 4 aromatic rings. The third-order valence-corrected chi connectivity index (χ3v) is 6.62. The first-order valence-corrected chi connectivity index (χ1v) is 12.0. The summed E-state index contributed by atoms with van der Waals surface area (Å²) in [6.45, 7) is 1.93. The van der Waals surface area contributed by atoms with Crippen LogP contribution in [0.15, 0.2) is 100 Å². The zero-order valence-electron chi connectivity index (χ0n) is 18.9. The Morgan fingerprint density at radius 3 is 2.46 bits per heavy atom. The highest BCUT2D eigenvalue weighted by atomic mass is 32.1. The van der Waals surface area contributed by atoms with Gasteiger partial charge in [0, 0.05) is 5.56 Å². The molecule has 0 aliphatic carbocycles. The SMILES string of the molecule is CCOC(=O)C1=C(c2ccccc2)N=c2s/c(=C\c3cccc(F)c3)c(=O)n2[C@H]1c1ccccc1. The van der Waals surface area contributed by atoms with Crippen molar-refractivity contribution in [2.45, 2.75) is 13.0 Å². The van der Waals surface area contributed by atoms with Crippen molar-refractivity contribution >= 4 is 29.1 Å². The van der Waals surface area contributed by atoms with E-state index in [1.807, 2.05) is 60.7 Å². The molecule has 0 radical (unpaired) electrons. The molecular weight excluding hydrogens is 463 g/mol.